The number of carbonyl (C=O) groups excluding carboxylic acids is 3. The van der Waals surface area contributed by atoms with E-state index in [2.05, 4.69) is 10.6 Å². The van der Waals surface area contributed by atoms with Crippen LogP contribution in [0.25, 0.3) is 0 Å². The Hall–Kier alpha value is -4.05. The van der Waals surface area contributed by atoms with Crippen molar-refractivity contribution in [1.29, 1.82) is 5.41 Å². The molecule has 1 unspecified atom stereocenters. The van der Waals surface area contributed by atoms with Crippen molar-refractivity contribution in [3.63, 3.8) is 0 Å². The van der Waals surface area contributed by atoms with Crippen molar-refractivity contribution >= 4 is 41.0 Å². The Kier molecular flexibility index (Phi) is 8.21. The van der Waals surface area contributed by atoms with Crippen LogP contribution in [-0.4, -0.2) is 41.4 Å². The normalized spacial score (nSPS) is 13.4. The highest BCUT2D eigenvalue weighted by Crippen LogP contribution is 2.29. The number of thiophene rings is 1. The molecule has 38 heavy (non-hydrogen) atoms. The van der Waals surface area contributed by atoms with E-state index in [-0.39, 0.29) is 24.2 Å². The lowest BCUT2D eigenvalue weighted by Crippen LogP contribution is -2.49. The number of carbonyl (C=O) groups is 3. The Morgan fingerprint density at radius 1 is 1.18 bits per heavy atom. The van der Waals surface area contributed by atoms with E-state index in [9.17, 15) is 18.8 Å². The zero-order valence-corrected chi connectivity index (χ0v) is 22.1. The molecule has 3 amide bonds. The molecule has 0 spiro atoms. The zero-order valence-electron chi connectivity index (χ0n) is 21.3. The van der Waals surface area contributed by atoms with Crippen LogP contribution in [0, 0.1) is 18.2 Å². The second kappa shape index (κ2) is 11.6. The molecule has 0 radical (unpaired) electrons. The van der Waals surface area contributed by atoms with Crippen LogP contribution in [0.5, 0.6) is 0 Å². The van der Waals surface area contributed by atoms with Gasteiger partial charge >= 0.3 is 0 Å². The highest BCUT2D eigenvalue weighted by molar-refractivity contribution is 7.14. The van der Waals surface area contributed by atoms with Gasteiger partial charge in [-0.15, -0.1) is 11.3 Å². The summed E-state index contributed by atoms with van der Waals surface area (Å²) in [6.45, 7) is 4.77. The highest BCUT2D eigenvalue weighted by atomic mass is 32.1. The summed E-state index contributed by atoms with van der Waals surface area (Å²) in [6, 6.07) is 10.2. The van der Waals surface area contributed by atoms with Gasteiger partial charge in [-0.2, -0.15) is 0 Å². The van der Waals surface area contributed by atoms with Gasteiger partial charge in [0, 0.05) is 47.5 Å². The number of anilines is 1. The lowest BCUT2D eigenvalue weighted by Gasteiger charge is -2.30. The van der Waals surface area contributed by atoms with Crippen LogP contribution < -0.4 is 16.4 Å². The van der Waals surface area contributed by atoms with Gasteiger partial charge in [0.15, 0.2) is 0 Å². The molecule has 10 heteroatoms. The fourth-order valence-electron chi connectivity index (χ4n) is 4.37. The van der Waals surface area contributed by atoms with Crippen molar-refractivity contribution in [2.75, 3.05) is 12.3 Å². The molecule has 0 saturated carbocycles. The summed E-state index contributed by atoms with van der Waals surface area (Å²) in [5, 5.41) is 13.1. The largest absolute Gasteiger partial charge is 0.398 e. The number of hydrogen-bond donors (Lipinski definition) is 4. The van der Waals surface area contributed by atoms with Crippen molar-refractivity contribution in [2.24, 2.45) is 0 Å². The van der Waals surface area contributed by atoms with Crippen LogP contribution >= 0.6 is 11.3 Å². The molecule has 0 fully saturated rings. The summed E-state index contributed by atoms with van der Waals surface area (Å²) in [6.07, 6.45) is 2.11. The molecule has 1 aliphatic rings. The van der Waals surface area contributed by atoms with Gasteiger partial charge in [0.25, 0.3) is 11.8 Å². The van der Waals surface area contributed by atoms with Gasteiger partial charge in [-0.1, -0.05) is 13.0 Å². The Bertz CT molecular complexity index is 1400. The minimum absolute atomic E-state index is 0.187. The van der Waals surface area contributed by atoms with Gasteiger partial charge in [-0.05, 0) is 72.9 Å². The lowest BCUT2D eigenvalue weighted by atomic mass is 10.1. The molecule has 0 aliphatic carbocycles. The molecule has 198 valence electrons. The molecule has 3 aromatic rings. The number of nitrogens with zero attached hydrogens (tertiary/aromatic N) is 1. The first-order chi connectivity index (χ1) is 18.2. The minimum atomic E-state index is -0.707. The summed E-state index contributed by atoms with van der Waals surface area (Å²) in [7, 11) is 0. The summed E-state index contributed by atoms with van der Waals surface area (Å²) in [5.41, 5.74) is 9.50. The van der Waals surface area contributed by atoms with Crippen molar-refractivity contribution in [1.82, 2.24) is 15.5 Å². The van der Waals surface area contributed by atoms with E-state index in [0.29, 0.717) is 47.6 Å². The molecule has 5 N–H and O–H groups in total. The fraction of sp³-hybridized carbons (Fsp3) is 0.286. The number of nitrogens with two attached hydrogens (primary N) is 1. The van der Waals surface area contributed by atoms with Crippen LogP contribution in [0.2, 0.25) is 0 Å². The Morgan fingerprint density at radius 3 is 2.71 bits per heavy atom. The van der Waals surface area contributed by atoms with Gasteiger partial charge in [-0.25, -0.2) is 4.39 Å². The number of benzene rings is 2. The van der Waals surface area contributed by atoms with Crippen LogP contribution in [0.15, 0.2) is 42.5 Å². The van der Waals surface area contributed by atoms with E-state index in [0.717, 1.165) is 27.8 Å². The predicted octanol–water partition coefficient (Wildman–Crippen LogP) is 3.80. The van der Waals surface area contributed by atoms with E-state index in [1.165, 1.54) is 29.5 Å². The van der Waals surface area contributed by atoms with Gasteiger partial charge in [0.05, 0.1) is 4.88 Å². The Morgan fingerprint density at radius 2 is 1.97 bits per heavy atom. The van der Waals surface area contributed by atoms with E-state index >= 15 is 0 Å². The molecule has 1 aromatic heterocycles. The quantitative estimate of drug-likeness (QED) is 0.258. The molecular weight excluding hydrogens is 505 g/mol. The third-order valence-electron chi connectivity index (χ3n) is 6.67. The third kappa shape index (κ3) is 5.91. The second-order valence-electron chi connectivity index (χ2n) is 9.24. The SMILES string of the molecule is CCC(NC(=O)c1ccc(N)c(C=N)c1)C(=O)N1CCc2sc(C(=O)NCc3cc(F)ccc3C)cc2C1. The first kappa shape index (κ1) is 27.0. The molecular formula is C28H30FN5O3S. The van der Waals surface area contributed by atoms with Gasteiger partial charge in [0.1, 0.15) is 11.9 Å². The number of nitrogens with one attached hydrogen (secondary N) is 3. The predicted molar refractivity (Wildman–Crippen MR) is 146 cm³/mol. The van der Waals surface area contributed by atoms with Crippen molar-refractivity contribution in [3.05, 3.63) is 85.9 Å². The Balaban J connectivity index is 1.39. The third-order valence-corrected chi connectivity index (χ3v) is 7.90. The number of aryl methyl sites for hydroxylation is 1. The molecule has 0 saturated heterocycles. The monoisotopic (exact) mass is 535 g/mol. The standard InChI is InChI=1S/C28H30FN5O3S/c1-3-23(33-26(35)17-5-7-22(31)18(10-17)13-30)28(37)34-9-8-24-20(15-34)12-25(38-24)27(36)32-14-19-11-21(29)6-4-16(19)2/h4-7,10-13,23,30H,3,8-9,14-15,31H2,1-2H3,(H,32,36)(H,33,35). The van der Waals surface area contributed by atoms with Gasteiger partial charge < -0.3 is 26.7 Å². The van der Waals surface area contributed by atoms with Crippen molar-refractivity contribution in [3.8, 4) is 0 Å². The number of hydrogen-bond acceptors (Lipinski definition) is 6. The van der Waals surface area contributed by atoms with Gasteiger partial charge in [0.2, 0.25) is 5.91 Å². The second-order valence-corrected chi connectivity index (χ2v) is 10.4. The van der Waals surface area contributed by atoms with Crippen LogP contribution in [0.1, 0.15) is 60.5 Å². The first-order valence-corrected chi connectivity index (χ1v) is 13.2. The number of amides is 3. The summed E-state index contributed by atoms with van der Waals surface area (Å²) < 4.78 is 13.6. The van der Waals surface area contributed by atoms with E-state index in [1.54, 1.807) is 29.2 Å². The highest BCUT2D eigenvalue weighted by Gasteiger charge is 2.29. The maximum Gasteiger partial charge on any atom is 0.261 e. The summed E-state index contributed by atoms with van der Waals surface area (Å²) in [4.78, 5) is 42.2. The lowest BCUT2D eigenvalue weighted by molar-refractivity contribution is -0.134. The fourth-order valence-corrected chi connectivity index (χ4v) is 5.45. The molecule has 1 atom stereocenters. The number of halogens is 1. The number of fused-ring (bicyclic) bond motifs is 1. The minimum Gasteiger partial charge on any atom is -0.398 e. The van der Waals surface area contributed by atoms with Crippen LogP contribution in [0.3, 0.4) is 0 Å². The molecule has 1 aliphatic heterocycles. The van der Waals surface area contributed by atoms with E-state index in [1.807, 2.05) is 13.8 Å². The topological polar surface area (TPSA) is 128 Å². The maximum absolute atomic E-state index is 13.6. The number of rotatable bonds is 8. The average Bonchev–Trinajstić information content (AvgIpc) is 3.35. The molecule has 0 bridgehead atoms. The molecule has 8 nitrogen and oxygen atoms in total. The zero-order chi connectivity index (χ0) is 27.4. The first-order valence-electron chi connectivity index (χ1n) is 12.3. The maximum atomic E-state index is 13.6. The van der Waals surface area contributed by atoms with E-state index in [4.69, 9.17) is 11.1 Å². The van der Waals surface area contributed by atoms with Gasteiger partial charge in [-0.3, -0.25) is 14.4 Å². The van der Waals surface area contributed by atoms with E-state index < -0.39 is 11.9 Å². The molecule has 2 heterocycles. The van der Waals surface area contributed by atoms with Crippen molar-refractivity contribution in [2.45, 2.75) is 45.8 Å². The average molecular weight is 536 g/mol. The smallest absolute Gasteiger partial charge is 0.261 e. The summed E-state index contributed by atoms with van der Waals surface area (Å²) in [5.74, 6) is -1.18. The van der Waals surface area contributed by atoms with Crippen LogP contribution in [-0.2, 0) is 24.3 Å². The molecule has 4 rings (SSSR count). The summed E-state index contributed by atoms with van der Waals surface area (Å²) >= 11 is 1.40. The number of nitrogen functional groups attached to an aromatic ring is 1. The molecule has 2 aromatic carbocycles. The van der Waals surface area contributed by atoms with Crippen molar-refractivity contribution < 1.29 is 18.8 Å². The Labute approximate surface area is 224 Å². The van der Waals surface area contributed by atoms with Crippen LogP contribution in [0.4, 0.5) is 10.1 Å².